The van der Waals surface area contributed by atoms with Crippen LogP contribution in [0.2, 0.25) is 0 Å². The number of piperidine rings is 1. The Morgan fingerprint density at radius 1 is 1.11 bits per heavy atom. The largest absolute Gasteiger partial charge is 0.417 e. The van der Waals surface area contributed by atoms with Crippen LogP contribution in [0.4, 0.5) is 33.5 Å². The Bertz CT molecular complexity index is 815. The normalized spacial score (nSPS) is 15.7. The van der Waals surface area contributed by atoms with Gasteiger partial charge in [0.05, 0.1) is 11.3 Å². The van der Waals surface area contributed by atoms with Gasteiger partial charge < -0.3 is 10.2 Å². The molecule has 144 valence electrons. The minimum absolute atomic E-state index is 0.0896. The van der Waals surface area contributed by atoms with Crippen molar-refractivity contribution in [2.75, 3.05) is 23.3 Å². The van der Waals surface area contributed by atoms with E-state index in [0.717, 1.165) is 24.4 Å². The third kappa shape index (κ3) is 4.53. The lowest BCUT2D eigenvalue weighted by molar-refractivity contribution is -0.137. The second kappa shape index (κ2) is 7.50. The quantitative estimate of drug-likeness (QED) is 0.805. The number of alkyl halides is 3. The van der Waals surface area contributed by atoms with Crippen molar-refractivity contribution in [1.82, 2.24) is 4.98 Å². The maximum atomic E-state index is 13.6. The van der Waals surface area contributed by atoms with Crippen LogP contribution in [-0.4, -0.2) is 24.0 Å². The number of hydrogen-bond acceptors (Lipinski definition) is 3. The molecular formula is C18H16F5N3O. The molecular weight excluding hydrogens is 369 g/mol. The predicted molar refractivity (Wildman–Crippen MR) is 89.2 cm³/mol. The van der Waals surface area contributed by atoms with Crippen LogP contribution in [0.15, 0.2) is 36.5 Å². The van der Waals surface area contributed by atoms with E-state index in [2.05, 4.69) is 10.3 Å². The van der Waals surface area contributed by atoms with Crippen LogP contribution in [0.5, 0.6) is 0 Å². The minimum atomic E-state index is -4.44. The molecule has 1 N–H and O–H groups in total. The number of carbonyl (C=O) groups is 1. The van der Waals surface area contributed by atoms with E-state index in [9.17, 15) is 26.7 Å². The van der Waals surface area contributed by atoms with Crippen molar-refractivity contribution < 1.29 is 26.7 Å². The number of anilines is 2. The summed E-state index contributed by atoms with van der Waals surface area (Å²) < 4.78 is 64.3. The highest BCUT2D eigenvalue weighted by Gasteiger charge is 2.31. The Morgan fingerprint density at radius 3 is 2.37 bits per heavy atom. The maximum absolute atomic E-state index is 13.6. The Balaban J connectivity index is 1.57. The summed E-state index contributed by atoms with van der Waals surface area (Å²) in [7, 11) is 0. The number of pyridine rings is 1. The number of nitrogens with zero attached hydrogens (tertiary/aromatic N) is 2. The van der Waals surface area contributed by atoms with Gasteiger partial charge in [-0.15, -0.1) is 0 Å². The number of benzene rings is 1. The van der Waals surface area contributed by atoms with Gasteiger partial charge in [0, 0.05) is 31.3 Å². The topological polar surface area (TPSA) is 45.2 Å². The maximum Gasteiger partial charge on any atom is 0.417 e. The molecule has 27 heavy (non-hydrogen) atoms. The molecule has 1 aromatic carbocycles. The summed E-state index contributed by atoms with van der Waals surface area (Å²) in [6, 6.07) is 5.17. The zero-order valence-corrected chi connectivity index (χ0v) is 14.1. The molecule has 0 radical (unpaired) electrons. The average Bonchev–Trinajstić information content (AvgIpc) is 2.63. The van der Waals surface area contributed by atoms with Crippen LogP contribution in [0, 0.1) is 17.6 Å². The molecule has 0 saturated carbocycles. The lowest BCUT2D eigenvalue weighted by Gasteiger charge is -2.32. The molecule has 1 saturated heterocycles. The highest BCUT2D eigenvalue weighted by molar-refractivity contribution is 5.92. The van der Waals surface area contributed by atoms with E-state index in [1.54, 1.807) is 4.90 Å². The van der Waals surface area contributed by atoms with Gasteiger partial charge in [-0.2, -0.15) is 13.2 Å². The number of aromatic nitrogens is 1. The number of rotatable bonds is 3. The van der Waals surface area contributed by atoms with Crippen molar-refractivity contribution in [1.29, 1.82) is 0 Å². The second-order valence-electron chi connectivity index (χ2n) is 6.28. The summed E-state index contributed by atoms with van der Waals surface area (Å²) in [5, 5.41) is 2.45. The smallest absolute Gasteiger partial charge is 0.357 e. The molecule has 0 aliphatic carbocycles. The molecule has 2 aromatic rings. The second-order valence-corrected chi connectivity index (χ2v) is 6.28. The van der Waals surface area contributed by atoms with Crippen molar-refractivity contribution in [3.63, 3.8) is 0 Å². The summed E-state index contributed by atoms with van der Waals surface area (Å²) >= 11 is 0. The molecule has 4 nitrogen and oxygen atoms in total. The molecule has 1 aliphatic heterocycles. The van der Waals surface area contributed by atoms with Gasteiger partial charge in [0.25, 0.3) is 0 Å². The van der Waals surface area contributed by atoms with Crippen LogP contribution in [0.3, 0.4) is 0 Å². The Labute approximate surface area is 152 Å². The first-order valence-corrected chi connectivity index (χ1v) is 8.28. The monoisotopic (exact) mass is 385 g/mol. The fourth-order valence-electron chi connectivity index (χ4n) is 2.94. The van der Waals surface area contributed by atoms with Crippen LogP contribution < -0.4 is 10.2 Å². The standard InChI is InChI=1S/C18H16F5N3O/c19-13-2-3-15(14(20)9-13)25-17(27)11-5-7-26(8-6-11)16-4-1-12(10-24-16)18(21,22)23/h1-4,9-11H,5-8H2,(H,25,27). The molecule has 1 amide bonds. The first kappa shape index (κ1) is 19.1. The van der Waals surface area contributed by atoms with Gasteiger partial charge >= 0.3 is 6.18 Å². The van der Waals surface area contributed by atoms with E-state index < -0.39 is 23.4 Å². The average molecular weight is 385 g/mol. The third-order valence-electron chi connectivity index (χ3n) is 4.45. The van der Waals surface area contributed by atoms with Crippen molar-refractivity contribution in [2.24, 2.45) is 5.92 Å². The first-order chi connectivity index (χ1) is 12.7. The van der Waals surface area contributed by atoms with E-state index in [1.165, 1.54) is 6.07 Å². The van der Waals surface area contributed by atoms with Crippen molar-refractivity contribution in [3.05, 3.63) is 53.7 Å². The van der Waals surface area contributed by atoms with Gasteiger partial charge in [-0.05, 0) is 37.1 Å². The van der Waals surface area contributed by atoms with Gasteiger partial charge in [-0.25, -0.2) is 13.8 Å². The Morgan fingerprint density at radius 2 is 1.81 bits per heavy atom. The van der Waals surface area contributed by atoms with Gasteiger partial charge in [0.15, 0.2) is 0 Å². The number of hydrogen-bond donors (Lipinski definition) is 1. The summed E-state index contributed by atoms with van der Waals surface area (Å²) in [6.07, 6.45) is -2.77. The van der Waals surface area contributed by atoms with E-state index >= 15 is 0 Å². The number of halogens is 5. The molecule has 1 fully saturated rings. The van der Waals surface area contributed by atoms with Crippen molar-refractivity contribution in [2.45, 2.75) is 19.0 Å². The number of carbonyl (C=O) groups excluding carboxylic acids is 1. The fourth-order valence-corrected chi connectivity index (χ4v) is 2.94. The molecule has 0 unspecified atom stereocenters. The van der Waals surface area contributed by atoms with Gasteiger partial charge in [0.1, 0.15) is 17.5 Å². The predicted octanol–water partition coefficient (Wildman–Crippen LogP) is 4.23. The highest BCUT2D eigenvalue weighted by Crippen LogP contribution is 2.30. The zero-order valence-electron chi connectivity index (χ0n) is 14.1. The SMILES string of the molecule is O=C(Nc1ccc(F)cc1F)C1CCN(c2ccc(C(F)(F)F)cn2)CC1. The van der Waals surface area contributed by atoms with Crippen molar-refractivity contribution in [3.8, 4) is 0 Å². The summed E-state index contributed by atoms with van der Waals surface area (Å²) in [6.45, 7) is 0.866. The van der Waals surface area contributed by atoms with Crippen LogP contribution >= 0.6 is 0 Å². The van der Waals surface area contributed by atoms with E-state index in [-0.39, 0.29) is 17.5 Å². The molecule has 0 bridgehead atoms. The first-order valence-electron chi connectivity index (χ1n) is 8.28. The van der Waals surface area contributed by atoms with Crippen LogP contribution in [0.1, 0.15) is 18.4 Å². The lowest BCUT2D eigenvalue weighted by Crippen LogP contribution is -2.38. The minimum Gasteiger partial charge on any atom is -0.357 e. The lowest BCUT2D eigenvalue weighted by atomic mass is 9.95. The molecule has 0 spiro atoms. The number of amides is 1. The van der Waals surface area contributed by atoms with E-state index in [1.807, 2.05) is 0 Å². The fraction of sp³-hybridized carbons (Fsp3) is 0.333. The third-order valence-corrected chi connectivity index (χ3v) is 4.45. The van der Waals surface area contributed by atoms with Crippen LogP contribution in [-0.2, 0) is 11.0 Å². The summed E-state index contributed by atoms with van der Waals surface area (Å²) in [5.41, 5.74) is -0.907. The van der Waals surface area contributed by atoms with Crippen molar-refractivity contribution >= 4 is 17.4 Å². The van der Waals surface area contributed by atoms with Gasteiger partial charge in [0.2, 0.25) is 5.91 Å². The zero-order chi connectivity index (χ0) is 19.6. The Hall–Kier alpha value is -2.71. The molecule has 3 rings (SSSR count). The molecule has 0 atom stereocenters. The van der Waals surface area contributed by atoms with Gasteiger partial charge in [-0.3, -0.25) is 4.79 Å². The Kier molecular flexibility index (Phi) is 5.29. The van der Waals surface area contributed by atoms with Crippen LogP contribution in [0.25, 0.3) is 0 Å². The summed E-state index contributed by atoms with van der Waals surface area (Å²) in [5.74, 6) is -1.93. The molecule has 1 aromatic heterocycles. The number of nitrogens with one attached hydrogen (secondary N) is 1. The summed E-state index contributed by atoms with van der Waals surface area (Å²) in [4.78, 5) is 17.9. The molecule has 1 aliphatic rings. The molecule has 9 heteroatoms. The van der Waals surface area contributed by atoms with Gasteiger partial charge in [-0.1, -0.05) is 0 Å². The highest BCUT2D eigenvalue weighted by atomic mass is 19.4. The van der Waals surface area contributed by atoms with E-state index in [4.69, 9.17) is 0 Å². The van der Waals surface area contributed by atoms with E-state index in [0.29, 0.717) is 37.8 Å². The molecule has 2 heterocycles.